The molecule has 3 aromatic rings. The van der Waals surface area contributed by atoms with Crippen LogP contribution in [0.2, 0.25) is 0 Å². The molecule has 1 fully saturated rings. The molecule has 2 heterocycles. The third-order valence-electron chi connectivity index (χ3n) is 6.24. The van der Waals surface area contributed by atoms with E-state index >= 15 is 0 Å². The summed E-state index contributed by atoms with van der Waals surface area (Å²) in [7, 11) is 0. The van der Waals surface area contributed by atoms with Crippen molar-refractivity contribution in [1.82, 2.24) is 10.6 Å². The van der Waals surface area contributed by atoms with Gasteiger partial charge in [0, 0.05) is 30.1 Å². The van der Waals surface area contributed by atoms with Crippen LogP contribution >= 0.6 is 0 Å². The summed E-state index contributed by atoms with van der Waals surface area (Å²) in [6, 6.07) is 17.2. The van der Waals surface area contributed by atoms with Crippen molar-refractivity contribution in [3.8, 4) is 16.9 Å². The van der Waals surface area contributed by atoms with Crippen molar-refractivity contribution < 1.29 is 19.1 Å². The molecule has 0 saturated carbocycles. The number of phenolic OH excluding ortho intramolecular Hbond substituents is 1. The first-order chi connectivity index (χ1) is 16.1. The number of amides is 2. The molecule has 33 heavy (non-hydrogen) atoms. The standard InChI is InChI=1S/C27H24N2O4/c30-25-12-17(6-8-21(25)18-4-2-1-3-5-18)14-28-15-24-23-13-19(20-10-11-33-16-20)7-9-22(23)26(31)29-27(24)32/h1-6,8-13,16,19,24,28,30H,7,14-15H2,(H,29,31,32). The second-order valence-electron chi connectivity index (χ2n) is 8.36. The minimum absolute atomic E-state index is 0.0752. The molecule has 5 rings (SSSR count). The summed E-state index contributed by atoms with van der Waals surface area (Å²) in [5, 5.41) is 16.3. The van der Waals surface area contributed by atoms with Gasteiger partial charge in [0.05, 0.1) is 18.4 Å². The average molecular weight is 440 g/mol. The lowest BCUT2D eigenvalue weighted by atomic mass is 9.79. The molecule has 0 spiro atoms. The summed E-state index contributed by atoms with van der Waals surface area (Å²) >= 11 is 0. The fourth-order valence-corrected chi connectivity index (χ4v) is 4.50. The van der Waals surface area contributed by atoms with Gasteiger partial charge >= 0.3 is 0 Å². The van der Waals surface area contributed by atoms with E-state index in [9.17, 15) is 14.7 Å². The molecule has 1 aromatic heterocycles. The Labute approximate surface area is 191 Å². The van der Waals surface area contributed by atoms with Crippen LogP contribution in [0.3, 0.4) is 0 Å². The van der Waals surface area contributed by atoms with Crippen LogP contribution in [0.1, 0.15) is 23.5 Å². The largest absolute Gasteiger partial charge is 0.507 e. The van der Waals surface area contributed by atoms with Crippen molar-refractivity contribution in [1.29, 1.82) is 0 Å². The van der Waals surface area contributed by atoms with Gasteiger partial charge in [0.15, 0.2) is 0 Å². The van der Waals surface area contributed by atoms with Gasteiger partial charge < -0.3 is 14.8 Å². The number of benzene rings is 2. The lowest BCUT2D eigenvalue weighted by Gasteiger charge is -2.30. The number of allylic oxidation sites excluding steroid dienone is 2. The van der Waals surface area contributed by atoms with Crippen LogP contribution in [0, 0.1) is 5.92 Å². The Hall–Kier alpha value is -3.90. The second kappa shape index (κ2) is 8.92. The number of hydrogen-bond acceptors (Lipinski definition) is 5. The normalized spacial score (nSPS) is 20.0. The van der Waals surface area contributed by atoms with Gasteiger partial charge in [-0.1, -0.05) is 54.6 Å². The molecule has 2 aromatic carbocycles. The zero-order valence-electron chi connectivity index (χ0n) is 18.0. The Kier molecular flexibility index (Phi) is 5.67. The third-order valence-corrected chi connectivity index (χ3v) is 6.24. The Bertz CT molecular complexity index is 1240. The number of aromatic hydroxyl groups is 1. The van der Waals surface area contributed by atoms with Gasteiger partial charge in [-0.2, -0.15) is 0 Å². The van der Waals surface area contributed by atoms with E-state index in [2.05, 4.69) is 10.6 Å². The summed E-state index contributed by atoms with van der Waals surface area (Å²) in [5.74, 6) is -0.822. The van der Waals surface area contributed by atoms with Crippen LogP contribution in [-0.4, -0.2) is 23.5 Å². The average Bonchev–Trinajstić information content (AvgIpc) is 3.37. The highest BCUT2D eigenvalue weighted by atomic mass is 16.3. The number of furan rings is 1. The molecule has 0 radical (unpaired) electrons. The zero-order chi connectivity index (χ0) is 22.8. The summed E-state index contributed by atoms with van der Waals surface area (Å²) in [6.45, 7) is 0.861. The predicted octanol–water partition coefficient (Wildman–Crippen LogP) is 4.05. The molecular weight excluding hydrogens is 416 g/mol. The number of nitrogens with one attached hydrogen (secondary N) is 2. The lowest BCUT2D eigenvalue weighted by Crippen LogP contribution is -2.47. The predicted molar refractivity (Wildman–Crippen MR) is 124 cm³/mol. The maximum Gasteiger partial charge on any atom is 0.257 e. The van der Waals surface area contributed by atoms with E-state index in [4.69, 9.17) is 4.42 Å². The highest BCUT2D eigenvalue weighted by molar-refractivity contribution is 6.13. The highest BCUT2D eigenvalue weighted by Gasteiger charge is 2.37. The van der Waals surface area contributed by atoms with E-state index in [1.54, 1.807) is 18.6 Å². The van der Waals surface area contributed by atoms with Crippen molar-refractivity contribution in [3.63, 3.8) is 0 Å². The molecule has 2 aliphatic rings. The minimum Gasteiger partial charge on any atom is -0.507 e. The van der Waals surface area contributed by atoms with E-state index in [0.29, 0.717) is 25.1 Å². The number of imide groups is 1. The number of phenols is 1. The minimum atomic E-state index is -0.471. The molecule has 0 bridgehead atoms. The maximum atomic E-state index is 12.7. The number of hydrogen-bond donors (Lipinski definition) is 3. The fraction of sp³-hybridized carbons (Fsp3) is 0.185. The number of carbonyl (C=O) groups excluding carboxylic acids is 2. The first kappa shape index (κ1) is 21.0. The van der Waals surface area contributed by atoms with Gasteiger partial charge in [0.1, 0.15) is 5.75 Å². The molecule has 6 heteroatoms. The fourth-order valence-electron chi connectivity index (χ4n) is 4.50. The number of carbonyl (C=O) groups is 2. The second-order valence-corrected chi connectivity index (χ2v) is 8.36. The summed E-state index contributed by atoms with van der Waals surface area (Å²) in [4.78, 5) is 25.0. The molecule has 2 amide bonds. The molecular formula is C27H24N2O4. The van der Waals surface area contributed by atoms with Crippen LogP contribution in [0.5, 0.6) is 5.75 Å². The van der Waals surface area contributed by atoms with Crippen molar-refractivity contribution in [2.45, 2.75) is 18.9 Å². The number of rotatable bonds is 6. The van der Waals surface area contributed by atoms with Crippen LogP contribution in [-0.2, 0) is 16.1 Å². The first-order valence-electron chi connectivity index (χ1n) is 11.0. The van der Waals surface area contributed by atoms with Crippen LogP contribution in [0.25, 0.3) is 11.1 Å². The Morgan fingerprint density at radius 1 is 1.09 bits per heavy atom. The summed E-state index contributed by atoms with van der Waals surface area (Å²) < 4.78 is 5.20. The molecule has 1 aliphatic heterocycles. The smallest absolute Gasteiger partial charge is 0.257 e. The van der Waals surface area contributed by atoms with Crippen LogP contribution < -0.4 is 10.6 Å². The molecule has 166 valence electrons. The van der Waals surface area contributed by atoms with Crippen LogP contribution in [0.15, 0.2) is 94.8 Å². The van der Waals surface area contributed by atoms with Gasteiger partial charge in [0.25, 0.3) is 5.91 Å². The van der Waals surface area contributed by atoms with Gasteiger partial charge in [-0.15, -0.1) is 0 Å². The Balaban J connectivity index is 1.29. The van der Waals surface area contributed by atoms with E-state index < -0.39 is 5.92 Å². The van der Waals surface area contributed by atoms with Crippen LogP contribution in [0.4, 0.5) is 0 Å². The topological polar surface area (TPSA) is 91.6 Å². The van der Waals surface area contributed by atoms with Crippen molar-refractivity contribution in [2.75, 3.05) is 6.54 Å². The molecule has 1 aliphatic carbocycles. The van der Waals surface area contributed by atoms with E-state index in [-0.39, 0.29) is 23.5 Å². The molecule has 2 atom stereocenters. The first-order valence-corrected chi connectivity index (χ1v) is 11.0. The summed E-state index contributed by atoms with van der Waals surface area (Å²) in [6.07, 6.45) is 7.94. The van der Waals surface area contributed by atoms with Crippen molar-refractivity contribution in [3.05, 3.63) is 102 Å². The SMILES string of the molecule is O=C1NC(=O)C(CNCc2ccc(-c3ccccc3)c(O)c2)C2=CC(c3ccoc3)CC=C12. The third kappa shape index (κ3) is 4.25. The quantitative estimate of drug-likeness (QED) is 0.503. The van der Waals surface area contributed by atoms with Crippen molar-refractivity contribution in [2.24, 2.45) is 5.92 Å². The van der Waals surface area contributed by atoms with Gasteiger partial charge in [0.2, 0.25) is 5.91 Å². The molecule has 1 saturated heterocycles. The Morgan fingerprint density at radius 3 is 2.70 bits per heavy atom. The monoisotopic (exact) mass is 440 g/mol. The van der Waals surface area contributed by atoms with Gasteiger partial charge in [-0.25, -0.2) is 0 Å². The van der Waals surface area contributed by atoms with E-state index in [1.165, 1.54) is 0 Å². The highest BCUT2D eigenvalue weighted by Crippen LogP contribution is 2.36. The zero-order valence-corrected chi connectivity index (χ0v) is 18.0. The van der Waals surface area contributed by atoms with Crippen molar-refractivity contribution >= 4 is 11.8 Å². The molecule has 6 nitrogen and oxygen atoms in total. The number of fused-ring (bicyclic) bond motifs is 1. The van der Waals surface area contributed by atoms with Gasteiger partial charge in [-0.3, -0.25) is 14.9 Å². The van der Waals surface area contributed by atoms with Gasteiger partial charge in [-0.05, 0) is 40.8 Å². The van der Waals surface area contributed by atoms with E-state index in [1.807, 2.05) is 60.7 Å². The molecule has 3 N–H and O–H groups in total. The number of piperidine rings is 1. The summed E-state index contributed by atoms with van der Waals surface area (Å²) in [5.41, 5.74) is 4.99. The molecule has 2 unspecified atom stereocenters. The Morgan fingerprint density at radius 2 is 1.94 bits per heavy atom. The van der Waals surface area contributed by atoms with E-state index in [0.717, 1.165) is 27.8 Å². The maximum absolute atomic E-state index is 12.7. The lowest BCUT2D eigenvalue weighted by molar-refractivity contribution is -0.131.